The second-order valence-corrected chi connectivity index (χ2v) is 7.74. The molecule has 0 amide bonds. The number of hydrogen-bond donors (Lipinski definition) is 0. The smallest absolute Gasteiger partial charge is 0.343 e. The molecular formula is C26H26O4. The minimum Gasteiger partial charge on any atom is -0.423 e. The molecule has 0 N–H and O–H groups in total. The van der Waals surface area contributed by atoms with Gasteiger partial charge in [-0.05, 0) is 53.3 Å². The van der Waals surface area contributed by atoms with Crippen molar-refractivity contribution in [1.82, 2.24) is 0 Å². The fourth-order valence-corrected chi connectivity index (χ4v) is 3.19. The molecule has 30 heavy (non-hydrogen) atoms. The molecule has 0 aliphatic heterocycles. The number of benzene rings is 3. The highest BCUT2D eigenvalue weighted by atomic mass is 16.5. The number of esters is 2. The predicted octanol–water partition coefficient (Wildman–Crippen LogP) is 6.37. The van der Waals surface area contributed by atoms with Crippen molar-refractivity contribution in [3.05, 3.63) is 95.1 Å². The summed E-state index contributed by atoms with van der Waals surface area (Å²) in [6, 6.07) is 21.3. The van der Waals surface area contributed by atoms with E-state index in [4.69, 9.17) is 9.47 Å². The highest BCUT2D eigenvalue weighted by molar-refractivity contribution is 5.96. The molecule has 0 aliphatic rings. The van der Waals surface area contributed by atoms with Crippen LogP contribution in [0.5, 0.6) is 11.5 Å². The summed E-state index contributed by atoms with van der Waals surface area (Å²) in [5.74, 6) is 0.459. The molecule has 0 fully saturated rings. The molecule has 3 aromatic carbocycles. The molecule has 0 atom stereocenters. The van der Waals surface area contributed by atoms with Gasteiger partial charge in [0.2, 0.25) is 0 Å². The van der Waals surface area contributed by atoms with Gasteiger partial charge in [0.15, 0.2) is 0 Å². The molecule has 154 valence electrons. The monoisotopic (exact) mass is 402 g/mol. The van der Waals surface area contributed by atoms with Crippen LogP contribution in [0, 0.1) is 0 Å². The van der Waals surface area contributed by atoms with Crippen molar-refractivity contribution in [3.8, 4) is 11.5 Å². The first-order valence-corrected chi connectivity index (χ1v) is 10.1. The SMILES string of the molecule is CC(C)c1ccccc1OC(=O)c1cccc(C(=O)Oc2ccccc2C(C)C)c1. The number of ether oxygens (including phenoxy) is 2. The van der Waals surface area contributed by atoms with Crippen LogP contribution in [0.1, 0.15) is 71.4 Å². The van der Waals surface area contributed by atoms with Gasteiger partial charge in [0.1, 0.15) is 11.5 Å². The minimum atomic E-state index is -0.514. The van der Waals surface area contributed by atoms with Crippen molar-refractivity contribution in [1.29, 1.82) is 0 Å². The molecule has 0 spiro atoms. The Morgan fingerprint density at radius 2 is 1.00 bits per heavy atom. The van der Waals surface area contributed by atoms with Crippen LogP contribution in [0.2, 0.25) is 0 Å². The Morgan fingerprint density at radius 1 is 0.600 bits per heavy atom. The Bertz CT molecular complexity index is 969. The van der Waals surface area contributed by atoms with Crippen LogP contribution in [-0.2, 0) is 0 Å². The molecule has 3 rings (SSSR count). The molecule has 0 unspecified atom stereocenters. The van der Waals surface area contributed by atoms with Gasteiger partial charge in [-0.3, -0.25) is 0 Å². The van der Waals surface area contributed by atoms with Crippen LogP contribution in [-0.4, -0.2) is 11.9 Å². The van der Waals surface area contributed by atoms with Crippen molar-refractivity contribution in [2.75, 3.05) is 0 Å². The Hall–Kier alpha value is -3.40. The fraction of sp³-hybridized carbons (Fsp3) is 0.231. The number of hydrogen-bond acceptors (Lipinski definition) is 4. The Morgan fingerprint density at radius 3 is 1.40 bits per heavy atom. The van der Waals surface area contributed by atoms with E-state index in [2.05, 4.69) is 0 Å². The average molecular weight is 402 g/mol. The predicted molar refractivity (Wildman–Crippen MR) is 117 cm³/mol. The lowest BCUT2D eigenvalue weighted by Gasteiger charge is -2.13. The second-order valence-electron chi connectivity index (χ2n) is 7.74. The van der Waals surface area contributed by atoms with Crippen LogP contribution in [0.3, 0.4) is 0 Å². The third kappa shape index (κ3) is 4.95. The van der Waals surface area contributed by atoms with Gasteiger partial charge in [0, 0.05) is 0 Å². The summed E-state index contributed by atoms with van der Waals surface area (Å²) in [5, 5.41) is 0. The molecule has 0 aromatic heterocycles. The van der Waals surface area contributed by atoms with Gasteiger partial charge >= 0.3 is 11.9 Å². The summed E-state index contributed by atoms with van der Waals surface area (Å²) >= 11 is 0. The van der Waals surface area contributed by atoms with E-state index in [0.717, 1.165) is 11.1 Å². The first-order chi connectivity index (χ1) is 14.4. The van der Waals surface area contributed by atoms with E-state index in [1.807, 2.05) is 64.1 Å². The Labute approximate surface area is 177 Å². The number of carbonyl (C=O) groups excluding carboxylic acids is 2. The third-order valence-corrected chi connectivity index (χ3v) is 4.82. The maximum atomic E-state index is 12.7. The van der Waals surface area contributed by atoms with Gasteiger partial charge in [-0.15, -0.1) is 0 Å². The van der Waals surface area contributed by atoms with E-state index in [-0.39, 0.29) is 11.8 Å². The topological polar surface area (TPSA) is 52.6 Å². The van der Waals surface area contributed by atoms with Crippen molar-refractivity contribution in [2.45, 2.75) is 39.5 Å². The molecule has 4 heteroatoms. The average Bonchev–Trinajstić information content (AvgIpc) is 2.74. The maximum Gasteiger partial charge on any atom is 0.343 e. The Kier molecular flexibility index (Phi) is 6.68. The number of carbonyl (C=O) groups is 2. The van der Waals surface area contributed by atoms with Crippen molar-refractivity contribution in [2.24, 2.45) is 0 Å². The van der Waals surface area contributed by atoms with Gasteiger partial charge in [-0.2, -0.15) is 0 Å². The molecular weight excluding hydrogens is 376 g/mol. The highest BCUT2D eigenvalue weighted by Gasteiger charge is 2.17. The summed E-state index contributed by atoms with van der Waals surface area (Å²) in [4.78, 5) is 25.4. The van der Waals surface area contributed by atoms with Crippen LogP contribution >= 0.6 is 0 Å². The summed E-state index contributed by atoms with van der Waals surface area (Å²) in [6.45, 7) is 8.16. The largest absolute Gasteiger partial charge is 0.423 e. The lowest BCUT2D eigenvalue weighted by molar-refractivity contribution is 0.0732. The molecule has 0 aliphatic carbocycles. The van der Waals surface area contributed by atoms with Crippen molar-refractivity contribution < 1.29 is 19.1 Å². The van der Waals surface area contributed by atoms with Crippen molar-refractivity contribution in [3.63, 3.8) is 0 Å². The zero-order chi connectivity index (χ0) is 21.7. The van der Waals surface area contributed by atoms with Crippen LogP contribution in [0.25, 0.3) is 0 Å². The normalized spacial score (nSPS) is 10.9. The lowest BCUT2D eigenvalue weighted by atomic mass is 10.0. The first-order valence-electron chi connectivity index (χ1n) is 10.1. The van der Waals surface area contributed by atoms with E-state index in [1.165, 1.54) is 6.07 Å². The van der Waals surface area contributed by atoms with Crippen LogP contribution in [0.4, 0.5) is 0 Å². The van der Waals surface area contributed by atoms with Gasteiger partial charge in [0.25, 0.3) is 0 Å². The summed E-state index contributed by atoms with van der Waals surface area (Å²) in [6.07, 6.45) is 0. The zero-order valence-corrected chi connectivity index (χ0v) is 17.7. The maximum absolute atomic E-state index is 12.7. The Balaban J connectivity index is 1.79. The number of rotatable bonds is 6. The molecule has 0 heterocycles. The zero-order valence-electron chi connectivity index (χ0n) is 17.7. The number of para-hydroxylation sites is 2. The second kappa shape index (κ2) is 9.40. The van der Waals surface area contributed by atoms with E-state index >= 15 is 0 Å². The lowest BCUT2D eigenvalue weighted by Crippen LogP contribution is -2.14. The molecule has 3 aromatic rings. The molecule has 0 radical (unpaired) electrons. The van der Waals surface area contributed by atoms with Gasteiger partial charge in [-0.1, -0.05) is 70.2 Å². The van der Waals surface area contributed by atoms with E-state index in [0.29, 0.717) is 22.6 Å². The van der Waals surface area contributed by atoms with Gasteiger partial charge in [0.05, 0.1) is 11.1 Å². The van der Waals surface area contributed by atoms with Crippen LogP contribution in [0.15, 0.2) is 72.8 Å². The van der Waals surface area contributed by atoms with E-state index in [1.54, 1.807) is 30.3 Å². The third-order valence-electron chi connectivity index (χ3n) is 4.82. The highest BCUT2D eigenvalue weighted by Crippen LogP contribution is 2.28. The van der Waals surface area contributed by atoms with Gasteiger partial charge < -0.3 is 9.47 Å². The quantitative estimate of drug-likeness (QED) is 0.355. The molecule has 4 nitrogen and oxygen atoms in total. The minimum absolute atomic E-state index is 0.219. The molecule has 0 bridgehead atoms. The summed E-state index contributed by atoms with van der Waals surface area (Å²) in [5.41, 5.74) is 2.48. The first kappa shape index (κ1) is 21.3. The van der Waals surface area contributed by atoms with Crippen molar-refractivity contribution >= 4 is 11.9 Å². The fourth-order valence-electron chi connectivity index (χ4n) is 3.19. The summed E-state index contributed by atoms with van der Waals surface area (Å²) < 4.78 is 11.2. The summed E-state index contributed by atoms with van der Waals surface area (Å²) in [7, 11) is 0. The van der Waals surface area contributed by atoms with Crippen LogP contribution < -0.4 is 9.47 Å². The van der Waals surface area contributed by atoms with Gasteiger partial charge in [-0.25, -0.2) is 9.59 Å². The molecule has 0 saturated heterocycles. The standard InChI is InChI=1S/C26H26O4/c1-17(2)21-12-5-7-14-23(21)29-25(27)19-10-9-11-20(16-19)26(28)30-24-15-8-6-13-22(24)18(3)4/h5-18H,1-4H3. The van der Waals surface area contributed by atoms with E-state index in [9.17, 15) is 9.59 Å². The molecule has 0 saturated carbocycles. The van der Waals surface area contributed by atoms with E-state index < -0.39 is 11.9 Å².